The van der Waals surface area contributed by atoms with E-state index >= 15 is 0 Å². The molecule has 2 unspecified atom stereocenters. The van der Waals surface area contributed by atoms with Crippen molar-refractivity contribution in [2.45, 2.75) is 51.6 Å². The number of ether oxygens (including phenoxy) is 1. The van der Waals surface area contributed by atoms with E-state index in [9.17, 15) is 4.79 Å². The third-order valence-corrected chi connectivity index (χ3v) is 3.21. The van der Waals surface area contributed by atoms with Crippen LogP contribution in [0.1, 0.15) is 45.4 Å². The molecule has 0 bridgehead atoms. The second kappa shape index (κ2) is 6.96. The molecule has 1 aliphatic heterocycles. The molecule has 0 spiro atoms. The maximum atomic E-state index is 11.7. The van der Waals surface area contributed by atoms with Gasteiger partial charge in [0, 0.05) is 25.5 Å². The van der Waals surface area contributed by atoms with E-state index in [2.05, 4.69) is 0 Å². The predicted octanol–water partition coefficient (Wildman–Crippen LogP) is 1.89. The maximum absolute atomic E-state index is 11.7. The van der Waals surface area contributed by atoms with Crippen molar-refractivity contribution < 1.29 is 9.53 Å². The van der Waals surface area contributed by atoms with Gasteiger partial charge >= 0.3 is 0 Å². The summed E-state index contributed by atoms with van der Waals surface area (Å²) in [7, 11) is 0. The molecule has 3 heteroatoms. The fourth-order valence-corrected chi connectivity index (χ4v) is 2.11. The normalized spacial score (nSPS) is 22.9. The van der Waals surface area contributed by atoms with Crippen LogP contribution in [-0.2, 0) is 9.53 Å². The summed E-state index contributed by atoms with van der Waals surface area (Å²) in [5.41, 5.74) is 5.53. The molecular weight excluding hydrogens is 190 g/mol. The zero-order valence-corrected chi connectivity index (χ0v) is 9.71. The van der Waals surface area contributed by atoms with Crippen LogP contribution in [0.2, 0.25) is 0 Å². The zero-order chi connectivity index (χ0) is 11.1. The van der Waals surface area contributed by atoms with E-state index in [0.29, 0.717) is 24.9 Å². The molecule has 2 atom stereocenters. The molecule has 1 saturated heterocycles. The number of carbonyl (C=O) groups is 1. The van der Waals surface area contributed by atoms with Crippen LogP contribution in [0.5, 0.6) is 0 Å². The lowest BCUT2D eigenvalue weighted by molar-refractivity contribution is -0.122. The molecule has 1 rings (SSSR count). The molecule has 0 aromatic rings. The van der Waals surface area contributed by atoms with E-state index in [0.717, 1.165) is 25.9 Å². The summed E-state index contributed by atoms with van der Waals surface area (Å²) in [6.45, 7) is 3.42. The molecule has 0 amide bonds. The van der Waals surface area contributed by atoms with Gasteiger partial charge in [-0.2, -0.15) is 0 Å². The Kier molecular flexibility index (Phi) is 5.88. The molecular formula is C12H23NO2. The average Bonchev–Trinajstić information content (AvgIpc) is 2.72. The van der Waals surface area contributed by atoms with Gasteiger partial charge in [0.15, 0.2) is 0 Å². The average molecular weight is 213 g/mol. The van der Waals surface area contributed by atoms with E-state index < -0.39 is 0 Å². The van der Waals surface area contributed by atoms with Crippen molar-refractivity contribution in [3.63, 3.8) is 0 Å². The lowest BCUT2D eigenvalue weighted by atomic mass is 9.96. The fourth-order valence-electron chi connectivity index (χ4n) is 2.11. The highest BCUT2D eigenvalue weighted by atomic mass is 16.5. The first-order valence-corrected chi connectivity index (χ1v) is 6.12. The molecule has 0 radical (unpaired) electrons. The van der Waals surface area contributed by atoms with Crippen LogP contribution < -0.4 is 5.73 Å². The monoisotopic (exact) mass is 213 g/mol. The van der Waals surface area contributed by atoms with Crippen LogP contribution in [-0.4, -0.2) is 25.0 Å². The molecule has 3 nitrogen and oxygen atoms in total. The van der Waals surface area contributed by atoms with Crippen LogP contribution in [0.3, 0.4) is 0 Å². The van der Waals surface area contributed by atoms with E-state index in [-0.39, 0.29) is 5.92 Å². The van der Waals surface area contributed by atoms with Gasteiger partial charge in [-0.15, -0.1) is 0 Å². The molecule has 2 N–H and O–H groups in total. The summed E-state index contributed by atoms with van der Waals surface area (Å²) >= 11 is 0. The second-order valence-electron chi connectivity index (χ2n) is 4.33. The molecule has 88 valence electrons. The smallest absolute Gasteiger partial charge is 0.137 e. The van der Waals surface area contributed by atoms with Gasteiger partial charge in [-0.1, -0.05) is 6.92 Å². The SMILES string of the molecule is CCC(CN)C(=O)CCCC1CCCO1. The van der Waals surface area contributed by atoms with Crippen molar-refractivity contribution in [1.82, 2.24) is 0 Å². The summed E-state index contributed by atoms with van der Waals surface area (Å²) in [5.74, 6) is 0.410. The van der Waals surface area contributed by atoms with Gasteiger partial charge in [0.05, 0.1) is 6.10 Å². The minimum atomic E-state index is 0.0782. The van der Waals surface area contributed by atoms with Gasteiger partial charge < -0.3 is 10.5 Å². The van der Waals surface area contributed by atoms with Gasteiger partial charge in [-0.25, -0.2) is 0 Å². The lowest BCUT2D eigenvalue weighted by Gasteiger charge is -2.12. The highest BCUT2D eigenvalue weighted by Gasteiger charge is 2.17. The number of carbonyl (C=O) groups excluding carboxylic acids is 1. The number of Topliss-reactive ketones (excluding diaryl/α,β-unsaturated/α-hetero) is 1. The highest BCUT2D eigenvalue weighted by molar-refractivity contribution is 5.81. The zero-order valence-electron chi connectivity index (χ0n) is 9.71. The van der Waals surface area contributed by atoms with Gasteiger partial charge in [0.1, 0.15) is 5.78 Å². The summed E-state index contributed by atoms with van der Waals surface area (Å²) in [4.78, 5) is 11.7. The largest absolute Gasteiger partial charge is 0.378 e. The Morgan fingerprint density at radius 3 is 2.93 bits per heavy atom. The first-order chi connectivity index (χ1) is 7.27. The number of ketones is 1. The van der Waals surface area contributed by atoms with Crippen molar-refractivity contribution >= 4 is 5.78 Å². The van der Waals surface area contributed by atoms with Crippen molar-refractivity contribution in [2.24, 2.45) is 11.7 Å². The van der Waals surface area contributed by atoms with E-state index in [1.165, 1.54) is 12.8 Å². The molecule has 15 heavy (non-hydrogen) atoms. The molecule has 0 aliphatic carbocycles. The summed E-state index contributed by atoms with van der Waals surface area (Å²) in [5, 5.41) is 0. The standard InChI is InChI=1S/C12H23NO2/c1-2-10(9-13)12(14)7-3-5-11-6-4-8-15-11/h10-11H,2-9,13H2,1H3. The maximum Gasteiger partial charge on any atom is 0.137 e. The Labute approximate surface area is 92.4 Å². The minimum Gasteiger partial charge on any atom is -0.378 e. The van der Waals surface area contributed by atoms with Gasteiger partial charge in [0.25, 0.3) is 0 Å². The Bertz CT molecular complexity index is 184. The second-order valence-corrected chi connectivity index (χ2v) is 4.33. The first-order valence-electron chi connectivity index (χ1n) is 6.12. The summed E-state index contributed by atoms with van der Waals surface area (Å²) < 4.78 is 5.51. The molecule has 1 heterocycles. The summed E-state index contributed by atoms with van der Waals surface area (Å²) in [6, 6.07) is 0. The van der Waals surface area contributed by atoms with Crippen LogP contribution in [0.4, 0.5) is 0 Å². The third kappa shape index (κ3) is 4.31. The predicted molar refractivity (Wildman–Crippen MR) is 60.7 cm³/mol. The number of nitrogens with two attached hydrogens (primary N) is 1. The third-order valence-electron chi connectivity index (χ3n) is 3.21. The van der Waals surface area contributed by atoms with E-state index in [1.54, 1.807) is 0 Å². The Morgan fingerprint density at radius 1 is 1.60 bits per heavy atom. The number of hydrogen-bond donors (Lipinski definition) is 1. The van der Waals surface area contributed by atoms with E-state index in [1.807, 2.05) is 6.92 Å². The van der Waals surface area contributed by atoms with Crippen molar-refractivity contribution in [3.05, 3.63) is 0 Å². The van der Waals surface area contributed by atoms with Crippen molar-refractivity contribution in [1.29, 1.82) is 0 Å². The number of rotatable bonds is 7. The van der Waals surface area contributed by atoms with E-state index in [4.69, 9.17) is 10.5 Å². The van der Waals surface area contributed by atoms with Crippen molar-refractivity contribution in [2.75, 3.05) is 13.2 Å². The topological polar surface area (TPSA) is 52.3 Å². The Hall–Kier alpha value is -0.410. The highest BCUT2D eigenvalue weighted by Crippen LogP contribution is 2.18. The Balaban J connectivity index is 2.10. The molecule has 0 saturated carbocycles. The van der Waals surface area contributed by atoms with Crippen LogP contribution in [0.15, 0.2) is 0 Å². The van der Waals surface area contributed by atoms with Gasteiger partial charge in [-0.3, -0.25) is 4.79 Å². The first kappa shape index (κ1) is 12.7. The summed E-state index contributed by atoms with van der Waals surface area (Å²) in [6.07, 6.45) is 6.30. The quantitative estimate of drug-likeness (QED) is 0.702. The van der Waals surface area contributed by atoms with Crippen LogP contribution >= 0.6 is 0 Å². The molecule has 0 aromatic carbocycles. The molecule has 1 aliphatic rings. The van der Waals surface area contributed by atoms with Crippen molar-refractivity contribution in [3.8, 4) is 0 Å². The number of hydrogen-bond acceptors (Lipinski definition) is 3. The minimum absolute atomic E-state index is 0.0782. The molecule has 0 aromatic heterocycles. The van der Waals surface area contributed by atoms with Crippen LogP contribution in [0.25, 0.3) is 0 Å². The molecule has 1 fully saturated rings. The Morgan fingerprint density at radius 2 is 2.40 bits per heavy atom. The van der Waals surface area contributed by atoms with Gasteiger partial charge in [0.2, 0.25) is 0 Å². The van der Waals surface area contributed by atoms with Gasteiger partial charge in [-0.05, 0) is 32.1 Å². The fraction of sp³-hybridized carbons (Fsp3) is 0.917. The lowest BCUT2D eigenvalue weighted by Crippen LogP contribution is -2.23. The van der Waals surface area contributed by atoms with Crippen LogP contribution in [0, 0.1) is 5.92 Å².